The van der Waals surface area contributed by atoms with Crippen molar-refractivity contribution >= 4 is 110 Å². The van der Waals surface area contributed by atoms with E-state index in [0.29, 0.717) is 0 Å². The third-order valence-corrected chi connectivity index (χ3v) is 13.6. The molecule has 2 aliphatic rings. The highest BCUT2D eigenvalue weighted by Gasteiger charge is 2.43. The average molecular weight is 828 g/mol. The Kier molecular flexibility index (Phi) is 10.7. The van der Waals surface area contributed by atoms with Gasteiger partial charge in [-0.15, -0.1) is 0 Å². The molecule has 65 heavy (non-hydrogen) atoms. The minimum absolute atomic E-state index is 0.0382. The number of hydrogen-bond donors (Lipinski definition) is 0. The van der Waals surface area contributed by atoms with Gasteiger partial charge >= 0.3 is 0 Å². The summed E-state index contributed by atoms with van der Waals surface area (Å²) in [6, 6.07) is 76.0. The van der Waals surface area contributed by atoms with Crippen LogP contribution >= 0.6 is 0 Å². The van der Waals surface area contributed by atoms with Gasteiger partial charge in [0.25, 0.3) is 6.71 Å². The van der Waals surface area contributed by atoms with E-state index in [1.807, 2.05) is 0 Å². The molecular weight excluding hydrogens is 779 g/mol. The number of benzene rings is 9. The van der Waals surface area contributed by atoms with Crippen LogP contribution in [0.5, 0.6) is 0 Å². The molecule has 306 valence electrons. The molecule has 0 aliphatic carbocycles. The van der Waals surface area contributed by atoms with Crippen molar-refractivity contribution in [3.63, 3.8) is 0 Å². The Morgan fingerprint density at radius 3 is 0.892 bits per heavy atom. The third kappa shape index (κ3) is 8.17. The second kappa shape index (κ2) is 17.1. The predicted octanol–water partition coefficient (Wildman–Crippen LogP) is 5.17. The van der Waals surface area contributed by atoms with Gasteiger partial charge in [-0.05, 0) is 135 Å². The van der Waals surface area contributed by atoms with Gasteiger partial charge < -0.3 is 9.80 Å². The Balaban J connectivity index is 1.07. The summed E-state index contributed by atoms with van der Waals surface area (Å²) in [7, 11) is 8.63. The fourth-order valence-electron chi connectivity index (χ4n) is 10.1. The molecule has 2 aliphatic heterocycles. The first-order valence-corrected chi connectivity index (χ1v) is 23.2. The summed E-state index contributed by atoms with van der Waals surface area (Å²) in [6.45, 7) is 0.0382. The van der Waals surface area contributed by atoms with Crippen LogP contribution in [-0.4, -0.2) is 38.1 Å². The van der Waals surface area contributed by atoms with Crippen molar-refractivity contribution in [3.05, 3.63) is 245 Å². The highest BCUT2D eigenvalue weighted by molar-refractivity contribution is 7.00. The zero-order valence-corrected chi connectivity index (χ0v) is 37.9. The van der Waals surface area contributed by atoms with E-state index in [0.717, 1.165) is 25.7 Å². The molecule has 0 fully saturated rings. The van der Waals surface area contributed by atoms with Crippen LogP contribution in [0.4, 0.5) is 34.1 Å². The first kappa shape index (κ1) is 40.7. The van der Waals surface area contributed by atoms with Gasteiger partial charge in [0.1, 0.15) is 31.4 Å². The molecule has 9 aromatic rings. The van der Waals surface area contributed by atoms with Crippen molar-refractivity contribution in [2.45, 2.75) is 25.7 Å². The Bertz CT molecular complexity index is 2950. The maximum Gasteiger partial charge on any atom is 0.252 e. The highest BCUT2D eigenvalue weighted by Crippen LogP contribution is 2.44. The van der Waals surface area contributed by atoms with Gasteiger partial charge in [-0.25, -0.2) is 0 Å². The second-order valence-corrected chi connectivity index (χ2v) is 18.6. The van der Waals surface area contributed by atoms with Crippen molar-refractivity contribution in [1.29, 1.82) is 0 Å². The van der Waals surface area contributed by atoms with Gasteiger partial charge in [0.2, 0.25) is 0 Å². The number of nitrogens with zero attached hydrogens (tertiary/aromatic N) is 2. The van der Waals surface area contributed by atoms with Crippen molar-refractivity contribution in [2.24, 2.45) is 0 Å². The van der Waals surface area contributed by atoms with E-state index in [2.05, 4.69) is 241 Å². The van der Waals surface area contributed by atoms with Crippen LogP contribution in [0.1, 0.15) is 44.5 Å². The van der Waals surface area contributed by atoms with Crippen LogP contribution in [0.25, 0.3) is 0 Å². The smallest absolute Gasteiger partial charge is 0.252 e. The Morgan fingerprint density at radius 1 is 0.292 bits per heavy atom. The summed E-state index contributed by atoms with van der Waals surface area (Å²) >= 11 is 0. The monoisotopic (exact) mass is 828 g/mol. The van der Waals surface area contributed by atoms with E-state index < -0.39 is 0 Å². The molecule has 9 aromatic carbocycles. The SMILES string of the molecule is Bc1ccc(Cc2ccc(N3c4ccc(Cc5ccc(B)cc5)cc4B4c5cc(Cc6ccc(B)cc6)ccc5N(c5ccc(Cc6ccc(B)cc6)cc5)c5cccc3c54)cc2)cc1. The summed E-state index contributed by atoms with van der Waals surface area (Å²) in [6.07, 6.45) is 3.57. The zero-order valence-electron chi connectivity index (χ0n) is 37.9. The van der Waals surface area contributed by atoms with Gasteiger partial charge in [-0.2, -0.15) is 0 Å². The average Bonchev–Trinajstić information content (AvgIpc) is 3.33. The van der Waals surface area contributed by atoms with Gasteiger partial charge in [-0.3, -0.25) is 0 Å². The molecule has 0 saturated heterocycles. The predicted molar refractivity (Wildman–Crippen MR) is 290 cm³/mol. The lowest BCUT2D eigenvalue weighted by Gasteiger charge is -2.44. The van der Waals surface area contributed by atoms with Crippen molar-refractivity contribution in [1.82, 2.24) is 0 Å². The largest absolute Gasteiger partial charge is 0.311 e. The van der Waals surface area contributed by atoms with E-state index in [1.54, 1.807) is 0 Å². The van der Waals surface area contributed by atoms with Crippen LogP contribution in [0.2, 0.25) is 0 Å². The molecule has 7 heteroatoms. The fraction of sp³-hybridized carbons (Fsp3) is 0.0690. The lowest BCUT2D eigenvalue weighted by atomic mass is 9.33. The summed E-state index contributed by atoms with van der Waals surface area (Å²) in [4.78, 5) is 5.06. The first-order chi connectivity index (χ1) is 31.8. The minimum atomic E-state index is 0.0382. The normalized spacial score (nSPS) is 12.4. The molecular formula is C58H49B5N2. The molecule has 2 nitrogen and oxygen atoms in total. The van der Waals surface area contributed by atoms with E-state index in [1.165, 1.54) is 117 Å². The standard InChI is InChI=1S/C58H49B5N2/c59-46-18-4-38(5-19-46)32-42-12-26-50(27-13-42)64-54-30-16-44(34-40-8-22-48(61)23-9-40)36-52(54)63-53-37-45(35-41-10-24-49(62)25-11-41)17-31-55(53)65(57-3-1-2-56(64)58(57)63)51-28-14-43(15-29-51)33-39-6-20-47(60)21-7-39/h1-31,36-37H,32-35,59-62H2. The Labute approximate surface area is 388 Å². The van der Waals surface area contributed by atoms with E-state index >= 15 is 0 Å². The molecule has 11 rings (SSSR count). The minimum Gasteiger partial charge on any atom is -0.311 e. The number of fused-ring (bicyclic) bond motifs is 4. The number of rotatable bonds is 10. The third-order valence-electron chi connectivity index (χ3n) is 13.6. The maximum absolute atomic E-state index is 2.53. The van der Waals surface area contributed by atoms with E-state index in [4.69, 9.17) is 0 Å². The molecule has 0 amide bonds. The highest BCUT2D eigenvalue weighted by atomic mass is 15.2. The molecule has 0 saturated carbocycles. The molecule has 0 bridgehead atoms. The fourth-order valence-corrected chi connectivity index (χ4v) is 10.1. The van der Waals surface area contributed by atoms with E-state index in [-0.39, 0.29) is 6.71 Å². The van der Waals surface area contributed by atoms with Crippen molar-refractivity contribution < 1.29 is 0 Å². The summed E-state index contributed by atoms with van der Waals surface area (Å²) in [5, 5.41) is 0. The van der Waals surface area contributed by atoms with Gasteiger partial charge in [0.15, 0.2) is 0 Å². The van der Waals surface area contributed by atoms with Crippen LogP contribution in [0.15, 0.2) is 200 Å². The second-order valence-electron chi connectivity index (χ2n) is 18.6. The van der Waals surface area contributed by atoms with Crippen LogP contribution in [-0.2, 0) is 25.7 Å². The molecule has 0 unspecified atom stereocenters. The molecule has 0 N–H and O–H groups in total. The molecule has 0 radical (unpaired) electrons. The van der Waals surface area contributed by atoms with Gasteiger partial charge in [0, 0.05) is 34.1 Å². The Hall–Kier alpha value is -7.10. The lowest BCUT2D eigenvalue weighted by Crippen LogP contribution is -2.61. The molecule has 0 aromatic heterocycles. The molecule has 0 atom stereocenters. The van der Waals surface area contributed by atoms with Crippen molar-refractivity contribution in [3.8, 4) is 0 Å². The first-order valence-electron chi connectivity index (χ1n) is 23.2. The number of anilines is 6. The lowest BCUT2D eigenvalue weighted by molar-refractivity contribution is 1.17. The van der Waals surface area contributed by atoms with E-state index in [9.17, 15) is 0 Å². The molecule has 0 spiro atoms. The van der Waals surface area contributed by atoms with Crippen molar-refractivity contribution in [2.75, 3.05) is 9.80 Å². The summed E-state index contributed by atoms with van der Waals surface area (Å²) in [5.74, 6) is 0. The maximum atomic E-state index is 2.53. The number of hydrogen-bond acceptors (Lipinski definition) is 2. The summed E-state index contributed by atoms with van der Waals surface area (Å²) < 4.78 is 0. The van der Waals surface area contributed by atoms with Gasteiger partial charge in [0.05, 0.1) is 0 Å². The van der Waals surface area contributed by atoms with Crippen LogP contribution in [0, 0.1) is 0 Å². The summed E-state index contributed by atoms with van der Waals surface area (Å²) in [5.41, 5.74) is 27.1. The molecule has 2 heterocycles. The van der Waals surface area contributed by atoms with Gasteiger partial charge in [-0.1, -0.05) is 174 Å². The van der Waals surface area contributed by atoms with Crippen LogP contribution < -0.4 is 48.0 Å². The Morgan fingerprint density at radius 2 is 0.569 bits per heavy atom. The quantitative estimate of drug-likeness (QED) is 0.176. The van der Waals surface area contributed by atoms with Crippen LogP contribution in [0.3, 0.4) is 0 Å². The topological polar surface area (TPSA) is 6.48 Å². The zero-order chi connectivity index (χ0) is 44.0.